The van der Waals surface area contributed by atoms with Crippen molar-refractivity contribution in [2.24, 2.45) is 5.73 Å². The van der Waals surface area contributed by atoms with Crippen LogP contribution < -0.4 is 10.8 Å². The minimum Gasteiger partial charge on any atom is -0.544 e. The summed E-state index contributed by atoms with van der Waals surface area (Å²) in [6, 6.07) is 2.65. The van der Waals surface area contributed by atoms with Gasteiger partial charge in [-0.2, -0.15) is 0 Å². The second-order valence-electron chi connectivity index (χ2n) is 1.82. The van der Waals surface area contributed by atoms with Crippen molar-refractivity contribution in [3.63, 3.8) is 0 Å². The van der Waals surface area contributed by atoms with Crippen LogP contribution in [0, 0.1) is 0 Å². The summed E-state index contributed by atoms with van der Waals surface area (Å²) in [6.07, 6.45) is 0. The second kappa shape index (κ2) is 2.71. The summed E-state index contributed by atoms with van der Waals surface area (Å²) in [4.78, 5) is 20.9. The third kappa shape index (κ3) is 1.56. The molecule has 1 heterocycles. The van der Waals surface area contributed by atoms with Crippen molar-refractivity contribution in [2.45, 2.75) is 0 Å². The standard InChI is InChI=1S/C6H5NO3S/c7-5(8)3-1-2-4(11-3)6(9)10/h1-2H,(H2,7,8)(H,9,10)/p-1. The molecule has 0 spiro atoms. The van der Waals surface area contributed by atoms with Crippen molar-refractivity contribution in [3.05, 3.63) is 21.9 Å². The number of hydrogen-bond acceptors (Lipinski definition) is 4. The summed E-state index contributed by atoms with van der Waals surface area (Å²) < 4.78 is 0. The van der Waals surface area contributed by atoms with Gasteiger partial charge in [0.2, 0.25) is 0 Å². The Hall–Kier alpha value is -1.36. The number of thiophene rings is 1. The first kappa shape index (κ1) is 7.74. The Morgan fingerprint density at radius 3 is 2.18 bits per heavy atom. The van der Waals surface area contributed by atoms with Gasteiger partial charge in [-0.3, -0.25) is 4.79 Å². The number of carbonyl (C=O) groups is 2. The summed E-state index contributed by atoms with van der Waals surface area (Å²) in [7, 11) is 0. The first-order valence-electron chi connectivity index (χ1n) is 2.72. The molecular formula is C6H4NO3S-. The maximum absolute atomic E-state index is 10.5. The van der Waals surface area contributed by atoms with Gasteiger partial charge in [0, 0.05) is 0 Å². The van der Waals surface area contributed by atoms with Gasteiger partial charge in [0.15, 0.2) is 0 Å². The van der Waals surface area contributed by atoms with Crippen molar-refractivity contribution in [2.75, 3.05) is 0 Å². The van der Waals surface area contributed by atoms with Crippen molar-refractivity contribution in [1.29, 1.82) is 0 Å². The van der Waals surface area contributed by atoms with E-state index in [9.17, 15) is 14.7 Å². The van der Waals surface area contributed by atoms with Crippen LogP contribution in [0.4, 0.5) is 0 Å². The molecule has 0 aliphatic heterocycles. The molecular weight excluding hydrogens is 166 g/mol. The Bertz CT molecular complexity index is 276. The maximum atomic E-state index is 10.5. The van der Waals surface area contributed by atoms with Gasteiger partial charge in [-0.05, 0) is 12.1 Å². The number of carboxylic acids is 1. The molecule has 58 valence electrons. The lowest BCUT2D eigenvalue weighted by Crippen LogP contribution is -2.20. The summed E-state index contributed by atoms with van der Waals surface area (Å²) in [6.45, 7) is 0. The SMILES string of the molecule is NC(=O)c1ccc(C(=O)[O-])s1. The van der Waals surface area contributed by atoms with Crippen LogP contribution >= 0.6 is 11.3 Å². The summed E-state index contributed by atoms with van der Waals surface area (Å²) in [5, 5.41) is 10.2. The molecule has 0 fully saturated rings. The van der Waals surface area contributed by atoms with E-state index < -0.39 is 11.9 Å². The van der Waals surface area contributed by atoms with E-state index in [0.29, 0.717) is 0 Å². The van der Waals surface area contributed by atoms with E-state index in [1.807, 2.05) is 0 Å². The minimum atomic E-state index is -1.29. The van der Waals surface area contributed by atoms with E-state index in [4.69, 9.17) is 5.73 Å². The van der Waals surface area contributed by atoms with E-state index in [-0.39, 0.29) is 9.75 Å². The smallest absolute Gasteiger partial charge is 0.258 e. The molecule has 0 saturated carbocycles. The molecule has 0 bridgehead atoms. The Labute approximate surface area is 66.3 Å². The zero-order valence-corrected chi connectivity index (χ0v) is 6.18. The number of nitrogens with two attached hydrogens (primary N) is 1. The van der Waals surface area contributed by atoms with Gasteiger partial charge >= 0.3 is 0 Å². The summed E-state index contributed by atoms with van der Waals surface area (Å²) >= 11 is 0.812. The molecule has 0 aliphatic carbocycles. The molecule has 2 N–H and O–H groups in total. The predicted molar refractivity (Wildman–Crippen MR) is 37.2 cm³/mol. The minimum absolute atomic E-state index is 0.0128. The Morgan fingerprint density at radius 2 is 1.91 bits per heavy atom. The van der Waals surface area contributed by atoms with E-state index in [2.05, 4.69) is 0 Å². The van der Waals surface area contributed by atoms with Gasteiger partial charge in [-0.15, -0.1) is 11.3 Å². The zero-order valence-electron chi connectivity index (χ0n) is 5.37. The molecule has 0 aromatic carbocycles. The van der Waals surface area contributed by atoms with E-state index in [1.165, 1.54) is 12.1 Å². The molecule has 1 amide bonds. The average molecular weight is 170 g/mol. The van der Waals surface area contributed by atoms with Crippen LogP contribution in [0.5, 0.6) is 0 Å². The normalized spacial score (nSPS) is 9.45. The molecule has 0 aliphatic rings. The average Bonchev–Trinajstić information content (AvgIpc) is 2.33. The lowest BCUT2D eigenvalue weighted by molar-refractivity contribution is -0.254. The van der Waals surface area contributed by atoms with Crippen molar-refractivity contribution >= 4 is 23.2 Å². The zero-order chi connectivity index (χ0) is 8.43. The highest BCUT2D eigenvalue weighted by atomic mass is 32.1. The van der Waals surface area contributed by atoms with Gasteiger partial charge in [-0.25, -0.2) is 0 Å². The van der Waals surface area contributed by atoms with Gasteiger partial charge in [-0.1, -0.05) is 0 Å². The first-order chi connectivity index (χ1) is 5.11. The predicted octanol–water partition coefficient (Wildman–Crippen LogP) is -0.790. The molecule has 1 rings (SSSR count). The number of carboxylic acid groups (broad SMARTS) is 1. The highest BCUT2D eigenvalue weighted by Gasteiger charge is 2.04. The fraction of sp³-hybridized carbons (Fsp3) is 0. The van der Waals surface area contributed by atoms with Crippen molar-refractivity contribution in [1.82, 2.24) is 0 Å². The Kier molecular flexibility index (Phi) is 1.91. The highest BCUT2D eigenvalue weighted by molar-refractivity contribution is 7.15. The van der Waals surface area contributed by atoms with Crippen molar-refractivity contribution in [3.8, 4) is 0 Å². The third-order valence-corrected chi connectivity index (χ3v) is 2.13. The van der Waals surface area contributed by atoms with Gasteiger partial charge in [0.25, 0.3) is 5.91 Å². The molecule has 0 saturated heterocycles. The van der Waals surface area contributed by atoms with E-state index in [1.54, 1.807) is 0 Å². The lowest BCUT2D eigenvalue weighted by Gasteiger charge is -1.92. The molecule has 0 atom stereocenters. The lowest BCUT2D eigenvalue weighted by atomic mass is 10.4. The maximum Gasteiger partial charge on any atom is 0.258 e. The van der Waals surface area contributed by atoms with E-state index >= 15 is 0 Å². The van der Waals surface area contributed by atoms with Gasteiger partial charge in [0.1, 0.15) is 0 Å². The fourth-order valence-corrected chi connectivity index (χ4v) is 1.27. The quantitative estimate of drug-likeness (QED) is 0.631. The number of rotatable bonds is 2. The van der Waals surface area contributed by atoms with Crippen LogP contribution in [0.1, 0.15) is 19.3 Å². The van der Waals surface area contributed by atoms with Gasteiger partial charge < -0.3 is 15.6 Å². The Morgan fingerprint density at radius 1 is 1.36 bits per heavy atom. The van der Waals surface area contributed by atoms with Crippen LogP contribution in [0.2, 0.25) is 0 Å². The first-order valence-corrected chi connectivity index (χ1v) is 3.54. The summed E-state index contributed by atoms with van der Waals surface area (Å²) in [5.74, 6) is -1.91. The number of amides is 1. The molecule has 1 aromatic rings. The van der Waals surface area contributed by atoms with Crippen LogP contribution in [0.15, 0.2) is 12.1 Å². The van der Waals surface area contributed by atoms with Crippen LogP contribution in [-0.4, -0.2) is 11.9 Å². The van der Waals surface area contributed by atoms with Crippen molar-refractivity contribution < 1.29 is 14.7 Å². The largest absolute Gasteiger partial charge is 0.544 e. The number of carbonyl (C=O) groups excluding carboxylic acids is 2. The van der Waals surface area contributed by atoms with Crippen LogP contribution in [0.3, 0.4) is 0 Å². The summed E-state index contributed by atoms with van der Waals surface area (Å²) in [5.41, 5.74) is 4.89. The number of hydrogen-bond donors (Lipinski definition) is 1. The Balaban J connectivity index is 2.99. The van der Waals surface area contributed by atoms with E-state index in [0.717, 1.165) is 11.3 Å². The number of primary amides is 1. The molecule has 1 aromatic heterocycles. The topological polar surface area (TPSA) is 83.2 Å². The highest BCUT2D eigenvalue weighted by Crippen LogP contribution is 2.14. The molecule has 0 unspecified atom stereocenters. The molecule has 5 heteroatoms. The van der Waals surface area contributed by atoms with Crippen LogP contribution in [-0.2, 0) is 0 Å². The molecule has 0 radical (unpaired) electrons. The third-order valence-electron chi connectivity index (χ3n) is 1.05. The van der Waals surface area contributed by atoms with Gasteiger partial charge in [0.05, 0.1) is 15.7 Å². The second-order valence-corrected chi connectivity index (χ2v) is 2.90. The van der Waals surface area contributed by atoms with Crippen LogP contribution in [0.25, 0.3) is 0 Å². The molecule has 11 heavy (non-hydrogen) atoms. The number of aromatic carboxylic acids is 1. The molecule has 4 nitrogen and oxygen atoms in total. The monoisotopic (exact) mass is 170 g/mol. The fourth-order valence-electron chi connectivity index (χ4n) is 0.580.